The van der Waals surface area contributed by atoms with Crippen molar-refractivity contribution in [2.45, 2.75) is 13.1 Å². The Bertz CT molecular complexity index is 629. The molecule has 3 heterocycles. The summed E-state index contributed by atoms with van der Waals surface area (Å²) in [6, 6.07) is 0. The molecule has 18 heavy (non-hydrogen) atoms. The van der Waals surface area contributed by atoms with Gasteiger partial charge in [0.25, 0.3) is 0 Å². The van der Waals surface area contributed by atoms with Crippen molar-refractivity contribution in [2.24, 2.45) is 7.05 Å². The average Bonchev–Trinajstić information content (AvgIpc) is 2.65. The zero-order chi connectivity index (χ0) is 12.7. The summed E-state index contributed by atoms with van der Waals surface area (Å²) in [6.45, 7) is 1.69. The quantitative estimate of drug-likeness (QED) is 0.703. The summed E-state index contributed by atoms with van der Waals surface area (Å²) in [6.07, 6.45) is 2.70. The van der Waals surface area contributed by atoms with E-state index < -0.39 is 0 Å². The van der Waals surface area contributed by atoms with E-state index in [9.17, 15) is 4.79 Å². The Morgan fingerprint density at radius 1 is 1.28 bits per heavy atom. The van der Waals surface area contributed by atoms with E-state index in [1.165, 1.54) is 17.1 Å². The average molecular weight is 248 g/mol. The minimum atomic E-state index is -0.101. The van der Waals surface area contributed by atoms with Gasteiger partial charge >= 0.3 is 5.69 Å². The van der Waals surface area contributed by atoms with Crippen molar-refractivity contribution in [3.05, 3.63) is 28.7 Å². The van der Waals surface area contributed by atoms with Gasteiger partial charge < -0.3 is 10.0 Å². The third-order valence-corrected chi connectivity index (χ3v) is 2.92. The van der Waals surface area contributed by atoms with E-state index in [4.69, 9.17) is 5.11 Å². The summed E-state index contributed by atoms with van der Waals surface area (Å²) in [5.41, 5.74) is -0.101. The highest BCUT2D eigenvalue weighted by Gasteiger charge is 2.22. The van der Waals surface area contributed by atoms with Crippen LogP contribution in [0.4, 0.5) is 5.95 Å². The standard InChI is InChI=1S/C10H12N6O2/c1-14-10(18)16-3-2-15(6-8(16)13-14)9-11-4-7(17)5-12-9/h4-5,17H,2-3,6H2,1H3. The maximum atomic E-state index is 11.7. The number of anilines is 1. The number of hydrogen-bond acceptors (Lipinski definition) is 6. The normalized spacial score (nSPS) is 14.6. The van der Waals surface area contributed by atoms with Crippen molar-refractivity contribution in [2.75, 3.05) is 11.4 Å². The van der Waals surface area contributed by atoms with Gasteiger partial charge in [-0.3, -0.25) is 4.57 Å². The van der Waals surface area contributed by atoms with Crippen molar-refractivity contribution < 1.29 is 5.11 Å². The Labute approximate surface area is 102 Å². The molecule has 0 atom stereocenters. The van der Waals surface area contributed by atoms with E-state index in [0.717, 1.165) is 0 Å². The molecule has 1 N–H and O–H groups in total. The molecule has 8 heteroatoms. The van der Waals surface area contributed by atoms with E-state index in [0.29, 0.717) is 31.4 Å². The van der Waals surface area contributed by atoms with Crippen LogP contribution in [0.5, 0.6) is 5.75 Å². The molecule has 1 aliphatic heterocycles. The Kier molecular flexibility index (Phi) is 2.29. The Balaban J connectivity index is 1.91. The second-order valence-electron chi connectivity index (χ2n) is 4.14. The summed E-state index contributed by atoms with van der Waals surface area (Å²) in [7, 11) is 1.63. The van der Waals surface area contributed by atoms with Crippen molar-refractivity contribution in [3.63, 3.8) is 0 Å². The lowest BCUT2D eigenvalue weighted by Gasteiger charge is -2.26. The molecule has 0 fully saturated rings. The number of rotatable bonds is 1. The highest BCUT2D eigenvalue weighted by atomic mass is 16.3. The molecule has 0 spiro atoms. The van der Waals surface area contributed by atoms with E-state index in [1.807, 2.05) is 4.90 Å². The molecule has 0 bridgehead atoms. The van der Waals surface area contributed by atoms with Gasteiger partial charge in [-0.1, -0.05) is 0 Å². The maximum absolute atomic E-state index is 11.7. The van der Waals surface area contributed by atoms with Crippen LogP contribution in [0.15, 0.2) is 17.2 Å². The van der Waals surface area contributed by atoms with Crippen molar-refractivity contribution in [1.82, 2.24) is 24.3 Å². The van der Waals surface area contributed by atoms with Gasteiger partial charge in [0.1, 0.15) is 0 Å². The number of fused-ring (bicyclic) bond motifs is 1. The molecule has 0 amide bonds. The molecule has 0 aliphatic carbocycles. The van der Waals surface area contributed by atoms with Gasteiger partial charge in [-0.2, -0.15) is 5.10 Å². The summed E-state index contributed by atoms with van der Waals surface area (Å²) in [5.74, 6) is 1.26. The molecule has 1 aliphatic rings. The van der Waals surface area contributed by atoms with Gasteiger partial charge in [-0.25, -0.2) is 19.4 Å². The fourth-order valence-corrected chi connectivity index (χ4v) is 2.02. The number of hydrogen-bond donors (Lipinski definition) is 1. The molecule has 0 unspecified atom stereocenters. The van der Waals surface area contributed by atoms with Crippen molar-refractivity contribution in [1.29, 1.82) is 0 Å². The smallest absolute Gasteiger partial charge is 0.345 e. The molecule has 94 valence electrons. The van der Waals surface area contributed by atoms with Crippen molar-refractivity contribution in [3.8, 4) is 5.75 Å². The number of aromatic nitrogens is 5. The molecular formula is C10H12N6O2. The van der Waals surface area contributed by atoms with Crippen molar-refractivity contribution >= 4 is 5.95 Å². The molecule has 0 saturated carbocycles. The third-order valence-electron chi connectivity index (χ3n) is 2.92. The monoisotopic (exact) mass is 248 g/mol. The zero-order valence-corrected chi connectivity index (χ0v) is 9.81. The molecule has 3 rings (SSSR count). The van der Waals surface area contributed by atoms with Gasteiger partial charge in [-0.15, -0.1) is 0 Å². The number of nitrogens with zero attached hydrogens (tertiary/aromatic N) is 6. The predicted octanol–water partition coefficient (Wildman–Crippen LogP) is -0.902. The molecule has 8 nitrogen and oxygen atoms in total. The third kappa shape index (κ3) is 1.62. The molecule has 0 saturated heterocycles. The van der Waals surface area contributed by atoms with Gasteiger partial charge in [0.15, 0.2) is 11.6 Å². The minimum Gasteiger partial charge on any atom is -0.505 e. The van der Waals surface area contributed by atoms with Crippen LogP contribution in [-0.2, 0) is 20.1 Å². The Morgan fingerprint density at radius 2 is 2.00 bits per heavy atom. The molecule has 2 aromatic heterocycles. The molecule has 0 radical (unpaired) electrons. The number of aryl methyl sites for hydroxylation is 1. The molecule has 2 aromatic rings. The maximum Gasteiger partial charge on any atom is 0.345 e. The zero-order valence-electron chi connectivity index (χ0n) is 9.81. The van der Waals surface area contributed by atoms with Crippen LogP contribution in [0.25, 0.3) is 0 Å². The largest absolute Gasteiger partial charge is 0.505 e. The molecular weight excluding hydrogens is 236 g/mol. The summed E-state index contributed by atoms with van der Waals surface area (Å²) in [5, 5.41) is 13.3. The highest BCUT2D eigenvalue weighted by Crippen LogP contribution is 2.15. The summed E-state index contributed by atoms with van der Waals surface area (Å²) in [4.78, 5) is 21.7. The van der Waals surface area contributed by atoms with Crippen LogP contribution in [0.1, 0.15) is 5.82 Å². The van der Waals surface area contributed by atoms with Crippen LogP contribution in [0.2, 0.25) is 0 Å². The first kappa shape index (κ1) is 10.8. The minimum absolute atomic E-state index is 0.0329. The van der Waals surface area contributed by atoms with Crippen LogP contribution < -0.4 is 10.6 Å². The van der Waals surface area contributed by atoms with Gasteiger partial charge in [-0.05, 0) is 0 Å². The summed E-state index contributed by atoms with van der Waals surface area (Å²) >= 11 is 0. The topological polar surface area (TPSA) is 89.1 Å². The first-order valence-electron chi connectivity index (χ1n) is 5.54. The Morgan fingerprint density at radius 3 is 2.72 bits per heavy atom. The van der Waals surface area contributed by atoms with Crippen LogP contribution in [0.3, 0.4) is 0 Å². The lowest BCUT2D eigenvalue weighted by Crippen LogP contribution is -2.38. The lowest BCUT2D eigenvalue weighted by molar-refractivity contribution is 0.468. The summed E-state index contributed by atoms with van der Waals surface area (Å²) < 4.78 is 2.98. The highest BCUT2D eigenvalue weighted by molar-refractivity contribution is 5.32. The first-order chi connectivity index (χ1) is 8.65. The van der Waals surface area contributed by atoms with Crippen LogP contribution in [-0.4, -0.2) is 36.0 Å². The predicted molar refractivity (Wildman–Crippen MR) is 62.2 cm³/mol. The van der Waals surface area contributed by atoms with Crippen LogP contribution >= 0.6 is 0 Å². The van der Waals surface area contributed by atoms with E-state index in [1.54, 1.807) is 11.6 Å². The second kappa shape index (κ2) is 3.83. The SMILES string of the molecule is Cn1nc2n(c1=O)CCN(c1ncc(O)cn1)C2. The molecule has 0 aromatic carbocycles. The van der Waals surface area contributed by atoms with Gasteiger partial charge in [0.05, 0.1) is 18.9 Å². The fourth-order valence-electron chi connectivity index (χ4n) is 2.02. The van der Waals surface area contributed by atoms with E-state index in [2.05, 4.69) is 15.1 Å². The van der Waals surface area contributed by atoms with Gasteiger partial charge in [0, 0.05) is 20.1 Å². The first-order valence-corrected chi connectivity index (χ1v) is 5.54. The van der Waals surface area contributed by atoms with E-state index >= 15 is 0 Å². The Hall–Kier alpha value is -2.38. The van der Waals surface area contributed by atoms with E-state index in [-0.39, 0.29) is 11.4 Å². The van der Waals surface area contributed by atoms with Crippen LogP contribution in [0, 0.1) is 0 Å². The second-order valence-corrected chi connectivity index (χ2v) is 4.14. The number of aromatic hydroxyl groups is 1. The lowest BCUT2D eigenvalue weighted by atomic mass is 10.4. The van der Waals surface area contributed by atoms with Gasteiger partial charge in [0.2, 0.25) is 5.95 Å². The fraction of sp³-hybridized carbons (Fsp3) is 0.400.